The Balaban J connectivity index is 1.45. The topological polar surface area (TPSA) is 80.3 Å². The van der Waals surface area contributed by atoms with Crippen molar-refractivity contribution in [1.82, 2.24) is 25.1 Å². The van der Waals surface area contributed by atoms with Crippen LogP contribution in [-0.2, 0) is 6.54 Å². The van der Waals surface area contributed by atoms with Crippen molar-refractivity contribution >= 4 is 11.7 Å². The van der Waals surface area contributed by atoms with E-state index in [1.165, 1.54) is 0 Å². The van der Waals surface area contributed by atoms with Crippen LogP contribution in [-0.4, -0.2) is 38.1 Å². The molecule has 0 radical (unpaired) electrons. The zero-order valence-electron chi connectivity index (χ0n) is 20.9. The Morgan fingerprint density at radius 1 is 0.946 bits per heavy atom. The highest BCUT2D eigenvalue weighted by Crippen LogP contribution is 2.43. The second kappa shape index (κ2) is 9.05. The normalized spacial score (nSPS) is 15.2. The summed E-state index contributed by atoms with van der Waals surface area (Å²) in [7, 11) is 1.81. The van der Waals surface area contributed by atoms with Gasteiger partial charge in [0.1, 0.15) is 11.5 Å². The fourth-order valence-electron chi connectivity index (χ4n) is 5.11. The average Bonchev–Trinajstić information content (AvgIpc) is 3.54. The van der Waals surface area contributed by atoms with Gasteiger partial charge < -0.3 is 9.42 Å². The lowest BCUT2D eigenvalue weighted by atomic mass is 9.90. The number of hydrogen-bond donors (Lipinski definition) is 0. The van der Waals surface area contributed by atoms with Crippen molar-refractivity contribution in [3.63, 3.8) is 0 Å². The number of fused-ring (bicyclic) bond motifs is 1. The van der Waals surface area contributed by atoms with Gasteiger partial charge >= 0.3 is 6.03 Å². The quantitative estimate of drug-likeness (QED) is 0.316. The SMILES string of the molecule is Cc1noc(C)c1-c1ccc2c(c1)C(c1ccccc1)N(Cc1cn(-c3ccccc3)nn1)C(=O)N2C. The molecule has 0 bridgehead atoms. The maximum atomic E-state index is 13.7. The standard InChI is InChI=1S/C29H26N6O2/c1-19-27(20(2)37-31-19)22-14-15-26-25(16-22)28(21-10-6-4-7-11-21)34(29(36)33(26)3)17-23-18-35(32-30-23)24-12-8-5-9-13-24/h4-16,18,28H,17H2,1-3H3. The summed E-state index contributed by atoms with van der Waals surface area (Å²) in [6.07, 6.45) is 1.88. The maximum absolute atomic E-state index is 13.7. The summed E-state index contributed by atoms with van der Waals surface area (Å²) < 4.78 is 7.17. The molecule has 5 aromatic rings. The van der Waals surface area contributed by atoms with E-state index in [0.717, 1.165) is 45.1 Å². The van der Waals surface area contributed by atoms with Crippen LogP contribution >= 0.6 is 0 Å². The highest BCUT2D eigenvalue weighted by Gasteiger charge is 2.37. The highest BCUT2D eigenvalue weighted by atomic mass is 16.5. The molecular formula is C29H26N6O2. The Labute approximate surface area is 214 Å². The van der Waals surface area contributed by atoms with Crippen molar-refractivity contribution in [3.8, 4) is 16.8 Å². The minimum absolute atomic E-state index is 0.0966. The molecule has 0 N–H and O–H groups in total. The summed E-state index contributed by atoms with van der Waals surface area (Å²) in [5, 5.41) is 12.8. The van der Waals surface area contributed by atoms with E-state index in [2.05, 4.69) is 33.7 Å². The summed E-state index contributed by atoms with van der Waals surface area (Å²) in [6, 6.07) is 25.7. The van der Waals surface area contributed by atoms with Crippen LogP contribution in [0.3, 0.4) is 0 Å². The van der Waals surface area contributed by atoms with E-state index >= 15 is 0 Å². The van der Waals surface area contributed by atoms with Crippen molar-refractivity contribution < 1.29 is 9.32 Å². The van der Waals surface area contributed by atoms with Gasteiger partial charge in [-0.1, -0.05) is 65.0 Å². The molecule has 0 fully saturated rings. The Kier molecular flexibility index (Phi) is 5.56. The predicted octanol–water partition coefficient (Wildman–Crippen LogP) is 5.70. The minimum Gasteiger partial charge on any atom is -0.361 e. The highest BCUT2D eigenvalue weighted by molar-refractivity contribution is 5.96. The molecule has 0 saturated carbocycles. The first-order valence-electron chi connectivity index (χ1n) is 12.1. The Hall–Kier alpha value is -4.72. The van der Waals surface area contributed by atoms with Gasteiger partial charge in [0, 0.05) is 18.2 Å². The van der Waals surface area contributed by atoms with Gasteiger partial charge in [0.2, 0.25) is 0 Å². The second-order valence-electron chi connectivity index (χ2n) is 9.25. The summed E-state index contributed by atoms with van der Waals surface area (Å²) in [5.74, 6) is 0.767. The molecule has 0 aliphatic carbocycles. The van der Waals surface area contributed by atoms with Gasteiger partial charge in [-0.3, -0.25) is 4.90 Å². The minimum atomic E-state index is -0.304. The molecule has 0 saturated heterocycles. The van der Waals surface area contributed by atoms with Crippen LogP contribution in [0, 0.1) is 13.8 Å². The van der Waals surface area contributed by atoms with Crippen molar-refractivity contribution in [2.24, 2.45) is 0 Å². The third-order valence-corrected chi connectivity index (χ3v) is 6.86. The number of hydrogen-bond acceptors (Lipinski definition) is 5. The second-order valence-corrected chi connectivity index (χ2v) is 9.25. The first-order valence-corrected chi connectivity index (χ1v) is 12.1. The zero-order chi connectivity index (χ0) is 25.5. The van der Waals surface area contributed by atoms with Gasteiger partial charge in [0.15, 0.2) is 0 Å². The first kappa shape index (κ1) is 22.7. The van der Waals surface area contributed by atoms with E-state index in [1.54, 1.807) is 9.58 Å². The van der Waals surface area contributed by atoms with Crippen molar-refractivity contribution in [1.29, 1.82) is 0 Å². The number of carbonyl (C=O) groups is 1. The lowest BCUT2D eigenvalue weighted by molar-refractivity contribution is 0.183. The molecule has 37 heavy (non-hydrogen) atoms. The Morgan fingerprint density at radius 2 is 1.68 bits per heavy atom. The zero-order valence-corrected chi connectivity index (χ0v) is 20.9. The van der Waals surface area contributed by atoms with Crippen LogP contribution in [0.2, 0.25) is 0 Å². The lowest BCUT2D eigenvalue weighted by Gasteiger charge is -2.41. The molecule has 8 nitrogen and oxygen atoms in total. The van der Waals surface area contributed by atoms with E-state index in [0.29, 0.717) is 12.2 Å². The van der Waals surface area contributed by atoms with Crippen molar-refractivity contribution in [2.45, 2.75) is 26.4 Å². The van der Waals surface area contributed by atoms with Gasteiger partial charge in [-0.2, -0.15) is 0 Å². The van der Waals surface area contributed by atoms with Gasteiger partial charge in [0.05, 0.1) is 35.9 Å². The molecule has 1 aliphatic rings. The number of para-hydroxylation sites is 1. The third kappa shape index (κ3) is 3.96. The number of rotatable bonds is 5. The molecule has 1 aliphatic heterocycles. The van der Waals surface area contributed by atoms with Gasteiger partial charge in [-0.15, -0.1) is 5.10 Å². The van der Waals surface area contributed by atoms with E-state index in [4.69, 9.17) is 4.52 Å². The number of nitrogens with zero attached hydrogens (tertiary/aromatic N) is 6. The molecule has 3 heterocycles. The van der Waals surface area contributed by atoms with E-state index < -0.39 is 0 Å². The van der Waals surface area contributed by atoms with Crippen LogP contribution < -0.4 is 4.90 Å². The van der Waals surface area contributed by atoms with Crippen LogP contribution in [0.5, 0.6) is 0 Å². The third-order valence-electron chi connectivity index (χ3n) is 6.86. The van der Waals surface area contributed by atoms with Gasteiger partial charge in [0.25, 0.3) is 0 Å². The van der Waals surface area contributed by atoms with Crippen LogP contribution in [0.4, 0.5) is 10.5 Å². The fourth-order valence-corrected chi connectivity index (χ4v) is 5.11. The molecule has 0 spiro atoms. The van der Waals surface area contributed by atoms with Crippen molar-refractivity contribution in [2.75, 3.05) is 11.9 Å². The summed E-state index contributed by atoms with van der Waals surface area (Å²) in [4.78, 5) is 17.3. The number of amides is 2. The number of urea groups is 1. The molecule has 2 aromatic heterocycles. The molecular weight excluding hydrogens is 464 g/mol. The fraction of sp³-hybridized carbons (Fsp3) is 0.172. The van der Waals surface area contributed by atoms with E-state index in [1.807, 2.05) is 92.7 Å². The van der Waals surface area contributed by atoms with Crippen LogP contribution in [0.25, 0.3) is 16.8 Å². The summed E-state index contributed by atoms with van der Waals surface area (Å²) in [6.45, 7) is 4.17. The summed E-state index contributed by atoms with van der Waals surface area (Å²) in [5.41, 5.74) is 7.37. The number of carbonyl (C=O) groups excluding carboxylic acids is 1. The monoisotopic (exact) mass is 490 g/mol. The molecule has 3 aromatic carbocycles. The van der Waals surface area contributed by atoms with E-state index in [9.17, 15) is 4.79 Å². The lowest BCUT2D eigenvalue weighted by Crippen LogP contribution is -2.47. The number of aromatic nitrogens is 4. The first-order chi connectivity index (χ1) is 18.0. The molecule has 2 amide bonds. The number of aryl methyl sites for hydroxylation is 2. The maximum Gasteiger partial charge on any atom is 0.325 e. The predicted molar refractivity (Wildman–Crippen MR) is 140 cm³/mol. The average molecular weight is 491 g/mol. The molecule has 8 heteroatoms. The van der Waals surface area contributed by atoms with Gasteiger partial charge in [-0.25, -0.2) is 9.48 Å². The molecule has 1 atom stereocenters. The molecule has 6 rings (SSSR count). The number of anilines is 1. The molecule has 1 unspecified atom stereocenters. The Morgan fingerprint density at radius 3 is 2.38 bits per heavy atom. The van der Waals surface area contributed by atoms with Crippen molar-refractivity contribution in [3.05, 3.63) is 113 Å². The van der Waals surface area contributed by atoms with E-state index in [-0.39, 0.29) is 12.1 Å². The Bertz CT molecular complexity index is 1560. The van der Waals surface area contributed by atoms with Crippen LogP contribution in [0.1, 0.15) is 34.3 Å². The smallest absolute Gasteiger partial charge is 0.325 e. The van der Waals surface area contributed by atoms with Gasteiger partial charge in [-0.05, 0) is 49.2 Å². The largest absolute Gasteiger partial charge is 0.361 e. The number of benzene rings is 3. The molecule has 184 valence electrons. The summed E-state index contributed by atoms with van der Waals surface area (Å²) >= 11 is 0. The van der Waals surface area contributed by atoms with Crippen LogP contribution in [0.15, 0.2) is 89.6 Å².